The molecule has 0 amide bonds. The van der Waals surface area contributed by atoms with E-state index < -0.39 is 0 Å². The van der Waals surface area contributed by atoms with Crippen molar-refractivity contribution in [2.75, 3.05) is 31.6 Å². The second-order valence-electron chi connectivity index (χ2n) is 10.4. The zero-order valence-electron chi connectivity index (χ0n) is 21.0. The van der Waals surface area contributed by atoms with Gasteiger partial charge in [-0.25, -0.2) is 4.79 Å². The van der Waals surface area contributed by atoms with Crippen LogP contribution >= 0.6 is 0 Å². The number of esters is 1. The molecule has 2 unspecified atom stereocenters. The topological polar surface area (TPSA) is 54.7 Å². The Morgan fingerprint density at radius 1 is 1.17 bits per heavy atom. The smallest absolute Gasteiger partial charge is 0.331 e. The number of aryl methyl sites for hydroxylation is 1. The molecule has 2 aromatic carbocycles. The normalized spacial score (nSPS) is 27.5. The van der Waals surface area contributed by atoms with E-state index in [4.69, 9.17) is 9.47 Å². The van der Waals surface area contributed by atoms with Crippen molar-refractivity contribution in [1.29, 1.82) is 0 Å². The van der Waals surface area contributed by atoms with Crippen LogP contribution in [0.25, 0.3) is 10.9 Å². The zero-order valence-corrected chi connectivity index (χ0v) is 21.0. The third-order valence-corrected chi connectivity index (χ3v) is 8.29. The summed E-state index contributed by atoms with van der Waals surface area (Å²) in [4.78, 5) is 22.7. The molecule has 4 fully saturated rings. The van der Waals surface area contributed by atoms with Gasteiger partial charge < -0.3 is 14.4 Å². The fourth-order valence-corrected chi connectivity index (χ4v) is 6.13. The molecule has 0 radical (unpaired) electrons. The maximum absolute atomic E-state index is 13.5. The zero-order chi connectivity index (χ0) is 24.8. The van der Waals surface area contributed by atoms with E-state index >= 15 is 0 Å². The number of benzene rings is 2. The highest BCUT2D eigenvalue weighted by molar-refractivity contribution is 5.88. The summed E-state index contributed by atoms with van der Waals surface area (Å²) in [6.45, 7) is 8.83. The predicted octanol–water partition coefficient (Wildman–Crippen LogP) is 4.92. The predicted molar refractivity (Wildman–Crippen MR) is 141 cm³/mol. The number of rotatable bonds is 7. The Balaban J connectivity index is 1.33. The Kier molecular flexibility index (Phi) is 5.92. The molecule has 2 bridgehead atoms. The van der Waals surface area contributed by atoms with E-state index in [-0.39, 0.29) is 24.2 Å². The van der Waals surface area contributed by atoms with Gasteiger partial charge in [-0.3, -0.25) is 9.88 Å². The average Bonchev–Trinajstić information content (AvgIpc) is 3.73. The highest BCUT2D eigenvalue weighted by Crippen LogP contribution is 2.44. The van der Waals surface area contributed by atoms with Gasteiger partial charge in [0.25, 0.3) is 0 Å². The van der Waals surface area contributed by atoms with E-state index in [2.05, 4.69) is 58.6 Å². The van der Waals surface area contributed by atoms with Crippen molar-refractivity contribution in [3.8, 4) is 5.75 Å². The van der Waals surface area contributed by atoms with Crippen molar-refractivity contribution in [2.24, 2.45) is 11.8 Å². The van der Waals surface area contributed by atoms with Gasteiger partial charge in [-0.1, -0.05) is 23.8 Å². The van der Waals surface area contributed by atoms with Crippen LogP contribution < -0.4 is 9.64 Å². The Morgan fingerprint density at radius 2 is 2.00 bits per heavy atom. The minimum absolute atomic E-state index is 0.132. The number of fused-ring (bicyclic) bond motifs is 4. The van der Waals surface area contributed by atoms with Crippen molar-refractivity contribution in [2.45, 2.75) is 38.0 Å². The molecule has 6 heteroatoms. The van der Waals surface area contributed by atoms with Crippen LogP contribution in [0.5, 0.6) is 5.75 Å². The van der Waals surface area contributed by atoms with Crippen LogP contribution in [0.4, 0.5) is 5.69 Å². The lowest BCUT2D eigenvalue weighted by Crippen LogP contribution is -2.55. The Morgan fingerprint density at radius 3 is 2.72 bits per heavy atom. The van der Waals surface area contributed by atoms with Crippen LogP contribution in [-0.2, 0) is 9.53 Å². The van der Waals surface area contributed by atoms with Crippen molar-refractivity contribution in [3.05, 3.63) is 78.5 Å². The van der Waals surface area contributed by atoms with E-state index in [9.17, 15) is 4.79 Å². The molecular weight excluding hydrogens is 450 g/mol. The lowest BCUT2D eigenvalue weighted by Gasteiger charge is -2.51. The number of piperidine rings is 3. The van der Waals surface area contributed by atoms with Gasteiger partial charge >= 0.3 is 5.97 Å². The number of carbonyl (C=O) groups excluding carboxylic acids is 1. The van der Waals surface area contributed by atoms with Crippen LogP contribution in [0.15, 0.2) is 67.4 Å². The molecule has 186 valence electrons. The number of hydrogen-bond donors (Lipinski definition) is 0. The molecule has 0 saturated carbocycles. The highest BCUT2D eigenvalue weighted by Gasteiger charge is 2.47. The monoisotopic (exact) mass is 483 g/mol. The Bertz CT molecular complexity index is 1290. The van der Waals surface area contributed by atoms with E-state index in [0.717, 1.165) is 47.4 Å². The molecule has 0 aliphatic carbocycles. The number of hydrogen-bond acceptors (Lipinski definition) is 6. The largest absolute Gasteiger partial charge is 0.497 e. The second-order valence-corrected chi connectivity index (χ2v) is 10.4. The number of ether oxygens (including phenoxy) is 2. The van der Waals surface area contributed by atoms with Gasteiger partial charge in [-0.15, -0.1) is 6.58 Å². The Hall–Kier alpha value is -3.38. The highest BCUT2D eigenvalue weighted by atomic mass is 16.5. The minimum Gasteiger partial charge on any atom is -0.497 e. The first kappa shape index (κ1) is 23.0. The molecule has 4 aliphatic rings. The summed E-state index contributed by atoms with van der Waals surface area (Å²) in [7, 11) is 1.67. The number of carbonyl (C=O) groups is 1. The summed E-state index contributed by atoms with van der Waals surface area (Å²) in [6, 6.07) is 16.1. The Labute approximate surface area is 212 Å². The van der Waals surface area contributed by atoms with Crippen LogP contribution in [0.2, 0.25) is 0 Å². The van der Waals surface area contributed by atoms with E-state index in [0.29, 0.717) is 18.4 Å². The van der Waals surface area contributed by atoms with Gasteiger partial charge in [0, 0.05) is 29.4 Å². The summed E-state index contributed by atoms with van der Waals surface area (Å²) in [5.74, 6) is 1.69. The number of methoxy groups -OCH3 is 1. The third kappa shape index (κ3) is 4.13. The SMILES string of the molecule is C=CC1CN2CC[C@H]1C[C@H]2[C@H](OC(=O)[C@H]1CN1c1ccc(C)cc1)c1ccnc2ccc(OC)cc12. The first-order valence-corrected chi connectivity index (χ1v) is 12.9. The number of anilines is 1. The number of pyridine rings is 1. The minimum atomic E-state index is -0.371. The molecule has 4 saturated heterocycles. The molecule has 36 heavy (non-hydrogen) atoms. The van der Waals surface area contributed by atoms with Crippen LogP contribution in [0.1, 0.15) is 30.1 Å². The summed E-state index contributed by atoms with van der Waals surface area (Å²) in [5, 5.41) is 0.976. The van der Waals surface area contributed by atoms with Crippen LogP contribution in [-0.4, -0.2) is 54.7 Å². The number of aromatic nitrogens is 1. The van der Waals surface area contributed by atoms with Gasteiger partial charge in [0.15, 0.2) is 0 Å². The van der Waals surface area contributed by atoms with Gasteiger partial charge in [0.2, 0.25) is 0 Å². The standard InChI is InChI=1S/C30H33N3O3/c1-4-20-17-32-14-12-21(20)15-27(32)29(24-11-13-31-26-10-9-23(35-3)16-25(24)26)36-30(34)28-18-33(28)22-7-5-19(2)6-8-22/h4-11,13,16,20-21,27-29H,1,12,14-15,17-18H2,2-3H3/t20?,21-,27-,28+,29+,33?/m0/s1. The molecule has 6 nitrogen and oxygen atoms in total. The maximum Gasteiger partial charge on any atom is 0.331 e. The van der Waals surface area contributed by atoms with Crippen molar-refractivity contribution in [1.82, 2.24) is 9.88 Å². The van der Waals surface area contributed by atoms with Gasteiger partial charge in [0.1, 0.15) is 17.9 Å². The second kappa shape index (κ2) is 9.25. The lowest BCUT2D eigenvalue weighted by atomic mass is 9.73. The number of nitrogens with zero attached hydrogens (tertiary/aromatic N) is 3. The maximum atomic E-state index is 13.5. The van der Waals surface area contributed by atoms with Crippen molar-refractivity contribution in [3.63, 3.8) is 0 Å². The fraction of sp³-hybridized carbons (Fsp3) is 0.400. The van der Waals surface area contributed by atoms with Gasteiger partial charge in [0.05, 0.1) is 25.2 Å². The van der Waals surface area contributed by atoms with Crippen LogP contribution in [0, 0.1) is 18.8 Å². The molecule has 3 aromatic rings. The van der Waals surface area contributed by atoms with Gasteiger partial charge in [-0.05, 0) is 74.5 Å². The van der Waals surface area contributed by atoms with Crippen molar-refractivity contribution < 1.29 is 14.3 Å². The fourth-order valence-electron chi connectivity index (χ4n) is 6.13. The molecule has 4 aliphatic heterocycles. The van der Waals surface area contributed by atoms with E-state index in [1.54, 1.807) is 7.11 Å². The summed E-state index contributed by atoms with van der Waals surface area (Å²) >= 11 is 0. The molecule has 6 atom stereocenters. The quantitative estimate of drug-likeness (QED) is 0.270. The van der Waals surface area contributed by atoms with Crippen LogP contribution in [0.3, 0.4) is 0 Å². The molecular formula is C30H33N3O3. The molecule has 0 spiro atoms. The first-order valence-electron chi connectivity index (χ1n) is 12.9. The summed E-state index contributed by atoms with van der Waals surface area (Å²) in [6.07, 6.45) is 5.72. The molecule has 7 rings (SSSR count). The molecule has 0 N–H and O–H groups in total. The average molecular weight is 484 g/mol. The molecule has 5 heterocycles. The first-order chi connectivity index (χ1) is 17.6. The summed E-state index contributed by atoms with van der Waals surface area (Å²) < 4.78 is 12.0. The van der Waals surface area contributed by atoms with E-state index in [1.165, 1.54) is 12.0 Å². The van der Waals surface area contributed by atoms with Crippen molar-refractivity contribution >= 4 is 22.6 Å². The lowest BCUT2D eigenvalue weighted by molar-refractivity contribution is -0.156. The van der Waals surface area contributed by atoms with Gasteiger partial charge in [-0.2, -0.15) is 0 Å². The molecule has 1 aromatic heterocycles. The van der Waals surface area contributed by atoms with E-state index in [1.807, 2.05) is 30.5 Å². The summed E-state index contributed by atoms with van der Waals surface area (Å²) in [5.41, 5.74) is 4.15. The third-order valence-electron chi connectivity index (χ3n) is 8.29.